The number of hydrogen-bond acceptors (Lipinski definition) is 4. The normalized spacial score (nSPS) is 16.8. The molecule has 0 aromatic carbocycles. The first-order valence-electron chi connectivity index (χ1n) is 7.55. The second-order valence-corrected chi connectivity index (χ2v) is 6.73. The number of piperidine rings is 1. The molecule has 1 aliphatic rings. The Balaban J connectivity index is 1.98. The Hall–Kier alpha value is -1.72. The van der Waals surface area contributed by atoms with E-state index < -0.39 is 0 Å². The van der Waals surface area contributed by atoms with Gasteiger partial charge in [0.15, 0.2) is 0 Å². The smallest absolute Gasteiger partial charge is 0.140 e. The lowest BCUT2D eigenvalue weighted by molar-refractivity contribution is 0.589. The van der Waals surface area contributed by atoms with E-state index in [0.717, 1.165) is 48.0 Å². The molecule has 3 heterocycles. The van der Waals surface area contributed by atoms with Crippen LogP contribution >= 0.6 is 24.2 Å². The van der Waals surface area contributed by atoms with Crippen molar-refractivity contribution >= 4 is 42.7 Å². The molecule has 1 aliphatic heterocycles. The largest absolute Gasteiger partial charge is 0.357 e. The van der Waals surface area contributed by atoms with Crippen molar-refractivity contribution in [1.29, 1.82) is 0 Å². The van der Waals surface area contributed by atoms with Gasteiger partial charge >= 0.3 is 0 Å². The predicted octanol–water partition coefficient (Wildman–Crippen LogP) is 2.40. The van der Waals surface area contributed by atoms with Crippen LogP contribution in [0.1, 0.15) is 12.8 Å². The van der Waals surface area contributed by atoms with Crippen molar-refractivity contribution in [2.24, 2.45) is 0 Å². The summed E-state index contributed by atoms with van der Waals surface area (Å²) < 4.78 is 0. The summed E-state index contributed by atoms with van der Waals surface area (Å²) in [6, 6.07) is 1.98. The number of thiol groups is 1. The minimum absolute atomic E-state index is 0.480. The van der Waals surface area contributed by atoms with Crippen LogP contribution in [0.3, 0.4) is 0 Å². The third-order valence-corrected chi connectivity index (χ3v) is 4.79. The molecule has 0 bridgehead atoms. The third-order valence-electron chi connectivity index (χ3n) is 3.97. The maximum Gasteiger partial charge on any atom is 0.140 e. The number of aromatic amines is 1. The molecule has 0 saturated carbocycles. The molecule has 0 amide bonds. The molecule has 4 nitrogen and oxygen atoms in total. The van der Waals surface area contributed by atoms with Crippen molar-refractivity contribution < 1.29 is 0 Å². The molecule has 0 unspecified atom stereocenters. The summed E-state index contributed by atoms with van der Waals surface area (Å²) in [5.74, 6) is 1.61. The molecule has 120 valence electrons. The van der Waals surface area contributed by atoms with Gasteiger partial charge in [-0.05, 0) is 25.0 Å². The van der Waals surface area contributed by atoms with Crippen molar-refractivity contribution in [3.05, 3.63) is 40.6 Å². The summed E-state index contributed by atoms with van der Waals surface area (Å²) in [6.07, 6.45) is 7.31. The maximum absolute atomic E-state index is 6.33. The summed E-state index contributed by atoms with van der Waals surface area (Å²) in [7, 11) is 0. The van der Waals surface area contributed by atoms with Crippen LogP contribution in [-0.2, 0) is 0 Å². The molecule has 1 fully saturated rings. The SMILES string of the molecule is C=C/C=c1/nc(-c2cc(N3CCC(S)CC3)ncc2Cl)[nH]c1=C. The molecule has 1 saturated heterocycles. The van der Waals surface area contributed by atoms with E-state index >= 15 is 0 Å². The van der Waals surface area contributed by atoms with Crippen molar-refractivity contribution in [2.75, 3.05) is 18.0 Å². The topological polar surface area (TPSA) is 44.8 Å². The number of nitrogens with zero attached hydrogens (tertiary/aromatic N) is 3. The second kappa shape index (κ2) is 6.81. The van der Waals surface area contributed by atoms with Gasteiger partial charge < -0.3 is 9.88 Å². The van der Waals surface area contributed by atoms with Gasteiger partial charge in [0.1, 0.15) is 11.6 Å². The Bertz CT molecular complexity index is 822. The van der Waals surface area contributed by atoms with Crippen molar-refractivity contribution in [1.82, 2.24) is 15.0 Å². The molecule has 0 radical (unpaired) electrons. The fourth-order valence-corrected chi connectivity index (χ4v) is 3.10. The third kappa shape index (κ3) is 3.46. The molecule has 1 N–H and O–H groups in total. The zero-order valence-electron chi connectivity index (χ0n) is 12.8. The maximum atomic E-state index is 6.33. The molecule has 6 heteroatoms. The number of H-pyrrole nitrogens is 1. The Morgan fingerprint density at radius 1 is 1.39 bits per heavy atom. The molecule has 0 atom stereocenters. The van der Waals surface area contributed by atoms with Gasteiger partial charge in [-0.1, -0.05) is 30.8 Å². The van der Waals surface area contributed by atoms with E-state index in [-0.39, 0.29) is 0 Å². The Labute approximate surface area is 146 Å². The van der Waals surface area contributed by atoms with Gasteiger partial charge in [0, 0.05) is 30.1 Å². The monoisotopic (exact) mass is 346 g/mol. The first-order chi connectivity index (χ1) is 11.1. The average molecular weight is 347 g/mol. The molecule has 2 aromatic rings. The van der Waals surface area contributed by atoms with Crippen LogP contribution < -0.4 is 15.6 Å². The first-order valence-corrected chi connectivity index (χ1v) is 8.44. The van der Waals surface area contributed by atoms with Crippen LogP contribution in [0, 0.1) is 0 Å². The van der Waals surface area contributed by atoms with Gasteiger partial charge in [0.05, 0.1) is 15.7 Å². The van der Waals surface area contributed by atoms with Crippen LogP contribution in [0.15, 0.2) is 24.9 Å². The summed E-state index contributed by atoms with van der Waals surface area (Å²) in [5.41, 5.74) is 0.832. The number of allylic oxidation sites excluding steroid dienone is 1. The van der Waals surface area contributed by atoms with Crippen LogP contribution in [0.5, 0.6) is 0 Å². The number of anilines is 1. The molecule has 2 aromatic heterocycles. The van der Waals surface area contributed by atoms with Gasteiger partial charge in [-0.3, -0.25) is 0 Å². The Morgan fingerprint density at radius 2 is 2.13 bits per heavy atom. The number of nitrogens with one attached hydrogen (secondary N) is 1. The average Bonchev–Trinajstić information content (AvgIpc) is 2.90. The zero-order valence-corrected chi connectivity index (χ0v) is 14.4. The number of imidazole rings is 1. The lowest BCUT2D eigenvalue weighted by Crippen LogP contribution is -2.34. The molecule has 0 spiro atoms. The zero-order chi connectivity index (χ0) is 16.4. The van der Waals surface area contributed by atoms with Gasteiger partial charge in [-0.25, -0.2) is 9.97 Å². The molecule has 23 heavy (non-hydrogen) atoms. The summed E-state index contributed by atoms with van der Waals surface area (Å²) in [4.78, 5) is 14.4. The van der Waals surface area contributed by atoms with Gasteiger partial charge in [-0.2, -0.15) is 12.6 Å². The standard InChI is InChI=1S/C17H19ClN4S/c1-3-4-15-11(2)20-17(21-15)13-9-16(19-10-14(13)18)22-7-5-12(23)6-8-22/h3-4,9-10,12,23H,1-2,5-8H2,(H,20,21)/b15-4+. The van der Waals surface area contributed by atoms with Crippen molar-refractivity contribution in [3.63, 3.8) is 0 Å². The van der Waals surface area contributed by atoms with Crippen LogP contribution in [0.25, 0.3) is 24.0 Å². The van der Waals surface area contributed by atoms with E-state index in [1.54, 1.807) is 12.3 Å². The fourth-order valence-electron chi connectivity index (χ4n) is 2.68. The van der Waals surface area contributed by atoms with E-state index in [2.05, 4.69) is 45.6 Å². The number of aromatic nitrogens is 3. The van der Waals surface area contributed by atoms with Gasteiger partial charge in [0.25, 0.3) is 0 Å². The highest BCUT2D eigenvalue weighted by atomic mass is 35.5. The van der Waals surface area contributed by atoms with Crippen molar-refractivity contribution in [3.8, 4) is 11.4 Å². The molecule has 0 aliphatic carbocycles. The predicted molar refractivity (Wildman–Crippen MR) is 100 cm³/mol. The van der Waals surface area contributed by atoms with E-state index in [0.29, 0.717) is 16.1 Å². The summed E-state index contributed by atoms with van der Waals surface area (Å²) in [6.45, 7) is 9.56. The van der Waals surface area contributed by atoms with Crippen molar-refractivity contribution in [2.45, 2.75) is 18.1 Å². The fraction of sp³-hybridized carbons (Fsp3) is 0.294. The van der Waals surface area contributed by atoms with E-state index in [1.165, 1.54) is 0 Å². The summed E-state index contributed by atoms with van der Waals surface area (Å²) >= 11 is 10.9. The highest BCUT2D eigenvalue weighted by Crippen LogP contribution is 2.29. The highest BCUT2D eigenvalue weighted by Gasteiger charge is 2.19. The van der Waals surface area contributed by atoms with E-state index in [1.807, 2.05) is 12.1 Å². The molecular weight excluding hydrogens is 328 g/mol. The summed E-state index contributed by atoms with van der Waals surface area (Å²) in [5, 5.41) is 2.55. The van der Waals surface area contributed by atoms with Crippen LogP contribution in [-0.4, -0.2) is 33.3 Å². The molecular formula is C17H19ClN4S. The van der Waals surface area contributed by atoms with E-state index in [4.69, 9.17) is 11.6 Å². The lowest BCUT2D eigenvalue weighted by Gasteiger charge is -2.31. The van der Waals surface area contributed by atoms with Crippen LogP contribution in [0.4, 0.5) is 5.82 Å². The number of pyridine rings is 1. The highest BCUT2D eigenvalue weighted by molar-refractivity contribution is 7.80. The minimum atomic E-state index is 0.480. The van der Waals surface area contributed by atoms with E-state index in [9.17, 15) is 0 Å². The lowest BCUT2D eigenvalue weighted by atomic mass is 10.1. The first kappa shape index (κ1) is 16.1. The van der Waals surface area contributed by atoms with Gasteiger partial charge in [-0.15, -0.1) is 0 Å². The Morgan fingerprint density at radius 3 is 2.83 bits per heavy atom. The second-order valence-electron chi connectivity index (χ2n) is 5.59. The number of hydrogen-bond donors (Lipinski definition) is 2. The van der Waals surface area contributed by atoms with Crippen LogP contribution in [0.2, 0.25) is 5.02 Å². The minimum Gasteiger partial charge on any atom is -0.357 e. The molecule has 3 rings (SSSR count). The van der Waals surface area contributed by atoms with Gasteiger partial charge in [0.2, 0.25) is 0 Å². The quantitative estimate of drug-likeness (QED) is 0.839. The number of halogens is 1. The number of rotatable bonds is 3. The Kier molecular flexibility index (Phi) is 4.78.